The van der Waals surface area contributed by atoms with Crippen molar-refractivity contribution < 1.29 is 9.59 Å². The van der Waals surface area contributed by atoms with Gasteiger partial charge in [0, 0.05) is 37.3 Å². The second-order valence-electron chi connectivity index (χ2n) is 7.77. The minimum atomic E-state index is -0.143. The molecule has 1 aliphatic heterocycles. The number of carbonyl (C=O) groups excluding carboxylic acids is 2. The number of nitrogens with one attached hydrogen (secondary N) is 1. The fourth-order valence-electron chi connectivity index (χ4n) is 3.79. The maximum Gasteiger partial charge on any atom is 0.255 e. The van der Waals surface area contributed by atoms with E-state index in [-0.39, 0.29) is 11.8 Å². The predicted octanol–water partition coefficient (Wildman–Crippen LogP) is 3.91. The minimum Gasteiger partial charge on any atom is -0.353 e. The molecule has 6 nitrogen and oxygen atoms in total. The van der Waals surface area contributed by atoms with E-state index < -0.39 is 0 Å². The summed E-state index contributed by atoms with van der Waals surface area (Å²) < 4.78 is 0. The number of hydrogen-bond acceptors (Lipinski definition) is 4. The van der Waals surface area contributed by atoms with Crippen molar-refractivity contribution in [2.45, 2.75) is 13.8 Å². The Morgan fingerprint density at radius 3 is 2.00 bits per heavy atom. The summed E-state index contributed by atoms with van der Waals surface area (Å²) in [6, 6.07) is 19.0. The zero-order valence-electron chi connectivity index (χ0n) is 17.8. The number of piperazine rings is 1. The van der Waals surface area contributed by atoms with Crippen molar-refractivity contribution in [1.29, 1.82) is 0 Å². The molecule has 6 heteroatoms. The van der Waals surface area contributed by atoms with Gasteiger partial charge in [-0.15, -0.1) is 0 Å². The average molecular weight is 415 g/mol. The lowest BCUT2D eigenvalue weighted by Crippen LogP contribution is -2.49. The molecule has 0 atom stereocenters. The Kier molecular flexibility index (Phi) is 5.98. The average Bonchev–Trinajstić information content (AvgIpc) is 2.80. The summed E-state index contributed by atoms with van der Waals surface area (Å²) in [5.41, 5.74) is 4.01. The smallest absolute Gasteiger partial charge is 0.255 e. The lowest BCUT2D eigenvalue weighted by Gasteiger charge is -2.35. The highest BCUT2D eigenvalue weighted by Crippen LogP contribution is 2.19. The number of aromatic nitrogens is 1. The van der Waals surface area contributed by atoms with Crippen LogP contribution in [-0.4, -0.2) is 47.9 Å². The summed E-state index contributed by atoms with van der Waals surface area (Å²) in [7, 11) is 0. The van der Waals surface area contributed by atoms with E-state index in [4.69, 9.17) is 0 Å². The Labute approximate surface area is 182 Å². The molecule has 2 heterocycles. The molecule has 0 spiro atoms. The zero-order chi connectivity index (χ0) is 21.8. The molecule has 1 fully saturated rings. The van der Waals surface area contributed by atoms with Crippen molar-refractivity contribution in [3.8, 4) is 0 Å². The Morgan fingerprint density at radius 2 is 1.42 bits per heavy atom. The molecule has 2 amide bonds. The standard InChI is InChI=1S/C25H26N4O2/c1-18-7-3-5-9-21(18)24(30)27-20-11-12-23(26-17-20)28-13-15-29(16-14-28)25(31)22-10-6-4-8-19(22)2/h3-12,17H,13-16H2,1-2H3,(H,27,30). The summed E-state index contributed by atoms with van der Waals surface area (Å²) in [4.78, 5) is 33.9. The van der Waals surface area contributed by atoms with Crippen molar-refractivity contribution >= 4 is 23.3 Å². The lowest BCUT2D eigenvalue weighted by atomic mass is 10.1. The van der Waals surface area contributed by atoms with Crippen LogP contribution in [0.5, 0.6) is 0 Å². The van der Waals surface area contributed by atoms with Crippen LogP contribution in [0, 0.1) is 13.8 Å². The second-order valence-corrected chi connectivity index (χ2v) is 7.77. The maximum atomic E-state index is 12.8. The lowest BCUT2D eigenvalue weighted by molar-refractivity contribution is 0.0745. The third kappa shape index (κ3) is 4.58. The van der Waals surface area contributed by atoms with E-state index in [1.54, 1.807) is 6.20 Å². The molecule has 0 radical (unpaired) electrons. The molecule has 1 saturated heterocycles. The molecular formula is C25H26N4O2. The Balaban J connectivity index is 1.35. The molecule has 1 aliphatic rings. The van der Waals surface area contributed by atoms with E-state index in [0.717, 1.165) is 35.6 Å². The van der Waals surface area contributed by atoms with Crippen molar-refractivity contribution in [2.24, 2.45) is 0 Å². The van der Waals surface area contributed by atoms with Gasteiger partial charge in [-0.05, 0) is 49.2 Å². The fraction of sp³-hybridized carbons (Fsp3) is 0.240. The molecular weight excluding hydrogens is 388 g/mol. The number of aryl methyl sites for hydroxylation is 2. The van der Waals surface area contributed by atoms with Gasteiger partial charge in [0.1, 0.15) is 5.82 Å². The summed E-state index contributed by atoms with van der Waals surface area (Å²) in [5, 5.41) is 2.90. The molecule has 3 aromatic rings. The van der Waals surface area contributed by atoms with Gasteiger partial charge in [-0.25, -0.2) is 4.98 Å². The molecule has 1 N–H and O–H groups in total. The van der Waals surface area contributed by atoms with Gasteiger partial charge in [-0.1, -0.05) is 36.4 Å². The first kappa shape index (κ1) is 20.6. The van der Waals surface area contributed by atoms with Crippen LogP contribution in [0.4, 0.5) is 11.5 Å². The number of benzene rings is 2. The van der Waals surface area contributed by atoms with Gasteiger partial charge in [0.15, 0.2) is 0 Å². The molecule has 1 aromatic heterocycles. The highest BCUT2D eigenvalue weighted by atomic mass is 16.2. The van der Waals surface area contributed by atoms with Crippen LogP contribution in [0.3, 0.4) is 0 Å². The van der Waals surface area contributed by atoms with Gasteiger partial charge in [-0.2, -0.15) is 0 Å². The molecule has 0 aliphatic carbocycles. The number of anilines is 2. The maximum absolute atomic E-state index is 12.8. The van der Waals surface area contributed by atoms with Crippen LogP contribution >= 0.6 is 0 Å². The number of amides is 2. The molecule has 0 bridgehead atoms. The number of nitrogens with zero attached hydrogens (tertiary/aromatic N) is 3. The molecule has 158 valence electrons. The summed E-state index contributed by atoms with van der Waals surface area (Å²) in [6.45, 7) is 6.63. The predicted molar refractivity (Wildman–Crippen MR) is 123 cm³/mol. The quantitative estimate of drug-likeness (QED) is 0.703. The summed E-state index contributed by atoms with van der Waals surface area (Å²) >= 11 is 0. The third-order valence-electron chi connectivity index (χ3n) is 5.66. The first-order valence-electron chi connectivity index (χ1n) is 10.5. The van der Waals surface area contributed by atoms with Crippen molar-refractivity contribution in [3.05, 3.63) is 89.1 Å². The van der Waals surface area contributed by atoms with E-state index in [9.17, 15) is 9.59 Å². The second kappa shape index (κ2) is 9.00. The largest absolute Gasteiger partial charge is 0.353 e. The van der Waals surface area contributed by atoms with Crippen LogP contribution in [0.15, 0.2) is 66.9 Å². The Morgan fingerprint density at radius 1 is 0.806 bits per heavy atom. The summed E-state index contributed by atoms with van der Waals surface area (Å²) in [5.74, 6) is 0.785. The minimum absolute atomic E-state index is 0.0833. The van der Waals surface area contributed by atoms with Gasteiger partial charge < -0.3 is 15.1 Å². The zero-order valence-corrected chi connectivity index (χ0v) is 17.8. The number of pyridine rings is 1. The number of carbonyl (C=O) groups is 2. The Hall–Kier alpha value is -3.67. The first-order valence-corrected chi connectivity index (χ1v) is 10.5. The van der Waals surface area contributed by atoms with Gasteiger partial charge in [0.05, 0.1) is 11.9 Å². The van der Waals surface area contributed by atoms with E-state index >= 15 is 0 Å². The van der Waals surface area contributed by atoms with E-state index in [0.29, 0.717) is 24.3 Å². The first-order chi connectivity index (χ1) is 15.0. The van der Waals surface area contributed by atoms with Crippen LogP contribution in [-0.2, 0) is 0 Å². The van der Waals surface area contributed by atoms with E-state index in [1.165, 1.54) is 0 Å². The SMILES string of the molecule is Cc1ccccc1C(=O)Nc1ccc(N2CCN(C(=O)c3ccccc3C)CC2)nc1. The monoisotopic (exact) mass is 414 g/mol. The number of hydrogen-bond donors (Lipinski definition) is 1. The molecule has 2 aromatic carbocycles. The summed E-state index contributed by atoms with van der Waals surface area (Å²) in [6.07, 6.45) is 1.68. The van der Waals surface area contributed by atoms with Crippen molar-refractivity contribution in [2.75, 3.05) is 36.4 Å². The van der Waals surface area contributed by atoms with Crippen molar-refractivity contribution in [3.63, 3.8) is 0 Å². The Bertz CT molecular complexity index is 1090. The molecule has 4 rings (SSSR count). The van der Waals surface area contributed by atoms with Gasteiger partial charge in [-0.3, -0.25) is 9.59 Å². The highest BCUT2D eigenvalue weighted by molar-refractivity contribution is 6.05. The van der Waals surface area contributed by atoms with E-state index in [1.807, 2.05) is 79.4 Å². The van der Waals surface area contributed by atoms with E-state index in [2.05, 4.69) is 15.2 Å². The van der Waals surface area contributed by atoms with Crippen LogP contribution in [0.1, 0.15) is 31.8 Å². The molecule has 0 unspecified atom stereocenters. The highest BCUT2D eigenvalue weighted by Gasteiger charge is 2.23. The molecule has 31 heavy (non-hydrogen) atoms. The topological polar surface area (TPSA) is 65.5 Å². The third-order valence-corrected chi connectivity index (χ3v) is 5.66. The van der Waals surface area contributed by atoms with Crippen LogP contribution in [0.25, 0.3) is 0 Å². The van der Waals surface area contributed by atoms with Crippen LogP contribution < -0.4 is 10.2 Å². The fourth-order valence-corrected chi connectivity index (χ4v) is 3.79. The van der Waals surface area contributed by atoms with Gasteiger partial charge in [0.25, 0.3) is 11.8 Å². The normalized spacial score (nSPS) is 13.7. The van der Waals surface area contributed by atoms with Crippen molar-refractivity contribution in [1.82, 2.24) is 9.88 Å². The van der Waals surface area contributed by atoms with Gasteiger partial charge in [0.2, 0.25) is 0 Å². The molecule has 0 saturated carbocycles. The van der Waals surface area contributed by atoms with Crippen LogP contribution in [0.2, 0.25) is 0 Å². The number of rotatable bonds is 4. The van der Waals surface area contributed by atoms with Gasteiger partial charge >= 0.3 is 0 Å².